The maximum atomic E-state index is 10.2. The summed E-state index contributed by atoms with van der Waals surface area (Å²) in [6, 6.07) is 16.1. The van der Waals surface area contributed by atoms with Gasteiger partial charge in [0.1, 0.15) is 0 Å². The second kappa shape index (κ2) is 9.96. The van der Waals surface area contributed by atoms with Crippen LogP contribution in [0.15, 0.2) is 48.5 Å². The number of phenols is 1. The van der Waals surface area contributed by atoms with Gasteiger partial charge in [-0.05, 0) is 45.1 Å². The van der Waals surface area contributed by atoms with E-state index < -0.39 is 0 Å². The third-order valence-corrected chi connectivity index (χ3v) is 3.89. The Morgan fingerprint density at radius 1 is 1.08 bits per heavy atom. The maximum absolute atomic E-state index is 10.2. The van der Waals surface area contributed by atoms with Crippen LogP contribution in [-0.4, -0.2) is 36.8 Å². The molecule has 0 spiro atoms. The van der Waals surface area contributed by atoms with Crippen molar-refractivity contribution in [1.29, 1.82) is 0 Å². The van der Waals surface area contributed by atoms with Crippen molar-refractivity contribution in [3.8, 4) is 11.5 Å². The number of aromatic hydroxyl groups is 1. The van der Waals surface area contributed by atoms with Crippen LogP contribution in [0.25, 0.3) is 0 Å². The fraction of sp³-hybridized carbons (Fsp3) is 0.400. The van der Waals surface area contributed by atoms with Crippen molar-refractivity contribution in [2.24, 2.45) is 0 Å². The van der Waals surface area contributed by atoms with Crippen LogP contribution in [0, 0.1) is 0 Å². The van der Waals surface area contributed by atoms with E-state index in [1.54, 1.807) is 6.07 Å². The van der Waals surface area contributed by atoms with Crippen LogP contribution in [0.2, 0.25) is 0 Å². The number of ether oxygens (including phenoxy) is 1. The summed E-state index contributed by atoms with van der Waals surface area (Å²) in [4.78, 5) is 2.32. The van der Waals surface area contributed by atoms with E-state index in [0.29, 0.717) is 18.9 Å². The molecule has 0 atom stereocenters. The molecule has 130 valence electrons. The Bertz CT molecular complexity index is 602. The predicted octanol–water partition coefficient (Wildman–Crippen LogP) is 3.40. The Morgan fingerprint density at radius 3 is 2.62 bits per heavy atom. The molecular weight excluding hydrogens is 300 g/mol. The van der Waals surface area contributed by atoms with Crippen molar-refractivity contribution in [3.05, 3.63) is 59.7 Å². The first-order valence-electron chi connectivity index (χ1n) is 8.57. The minimum absolute atomic E-state index is 0.244. The van der Waals surface area contributed by atoms with Crippen LogP contribution in [0.4, 0.5) is 0 Å². The second-order valence-electron chi connectivity index (χ2n) is 5.95. The lowest BCUT2D eigenvalue weighted by molar-refractivity contribution is 0.314. The molecule has 0 saturated heterocycles. The van der Waals surface area contributed by atoms with Crippen LogP contribution in [-0.2, 0) is 13.1 Å². The van der Waals surface area contributed by atoms with Crippen molar-refractivity contribution < 1.29 is 9.84 Å². The highest BCUT2D eigenvalue weighted by Gasteiger charge is 2.07. The molecule has 0 aromatic heterocycles. The number of benzene rings is 2. The van der Waals surface area contributed by atoms with Crippen molar-refractivity contribution >= 4 is 0 Å². The number of nitrogens with zero attached hydrogens (tertiary/aromatic N) is 1. The molecule has 2 N–H and O–H groups in total. The second-order valence-corrected chi connectivity index (χ2v) is 5.95. The molecule has 0 aliphatic carbocycles. The standard InChI is InChI=1S/C20H28N2O2/c1-3-24-19-12-7-11-18(20(19)23)15-21-13-8-14-22(2)16-17-9-5-4-6-10-17/h4-7,9-12,21,23H,3,8,13-16H2,1-2H3. The molecule has 0 radical (unpaired) electrons. The zero-order chi connectivity index (χ0) is 17.2. The molecule has 4 nitrogen and oxygen atoms in total. The molecule has 2 aromatic carbocycles. The third-order valence-electron chi connectivity index (χ3n) is 3.89. The van der Waals surface area contributed by atoms with Gasteiger partial charge in [-0.25, -0.2) is 0 Å². The highest BCUT2D eigenvalue weighted by atomic mass is 16.5. The van der Waals surface area contributed by atoms with Crippen molar-refractivity contribution in [3.63, 3.8) is 0 Å². The zero-order valence-corrected chi connectivity index (χ0v) is 14.7. The van der Waals surface area contributed by atoms with Crippen LogP contribution in [0.1, 0.15) is 24.5 Å². The number of hydrogen-bond donors (Lipinski definition) is 2. The lowest BCUT2D eigenvalue weighted by Gasteiger charge is -2.17. The van der Waals surface area contributed by atoms with Crippen molar-refractivity contribution in [1.82, 2.24) is 10.2 Å². The molecule has 0 aliphatic rings. The number of nitrogens with one attached hydrogen (secondary N) is 1. The molecule has 0 bridgehead atoms. The number of para-hydroxylation sites is 1. The fourth-order valence-electron chi connectivity index (χ4n) is 2.65. The maximum Gasteiger partial charge on any atom is 0.162 e. The largest absolute Gasteiger partial charge is 0.504 e. The minimum atomic E-state index is 0.244. The Labute approximate surface area is 145 Å². The van der Waals surface area contributed by atoms with Gasteiger partial charge in [0.2, 0.25) is 0 Å². The summed E-state index contributed by atoms with van der Waals surface area (Å²) in [5.74, 6) is 0.799. The van der Waals surface area contributed by atoms with E-state index in [2.05, 4.69) is 41.5 Å². The summed E-state index contributed by atoms with van der Waals surface area (Å²) in [6.45, 7) is 6.03. The van der Waals surface area contributed by atoms with Gasteiger partial charge in [-0.3, -0.25) is 0 Å². The van der Waals surface area contributed by atoms with Gasteiger partial charge in [0.25, 0.3) is 0 Å². The molecule has 2 aromatic rings. The average molecular weight is 328 g/mol. The molecule has 0 amide bonds. The van der Waals surface area contributed by atoms with Gasteiger partial charge in [0, 0.05) is 18.7 Å². The molecule has 0 unspecified atom stereocenters. The topological polar surface area (TPSA) is 44.7 Å². The number of hydrogen-bond acceptors (Lipinski definition) is 4. The lowest BCUT2D eigenvalue weighted by atomic mass is 10.2. The molecule has 0 fully saturated rings. The molecule has 24 heavy (non-hydrogen) atoms. The van der Waals surface area contributed by atoms with E-state index in [1.807, 2.05) is 25.1 Å². The first kappa shape index (κ1) is 18.3. The Balaban J connectivity index is 1.67. The summed E-state index contributed by atoms with van der Waals surface area (Å²) in [6.07, 6.45) is 1.06. The van der Waals surface area contributed by atoms with Gasteiger partial charge >= 0.3 is 0 Å². The normalized spacial score (nSPS) is 11.0. The van der Waals surface area contributed by atoms with Gasteiger partial charge in [-0.1, -0.05) is 42.5 Å². The van der Waals surface area contributed by atoms with E-state index in [-0.39, 0.29) is 5.75 Å². The Morgan fingerprint density at radius 2 is 1.88 bits per heavy atom. The number of rotatable bonds is 10. The predicted molar refractivity (Wildman–Crippen MR) is 98.4 cm³/mol. The van der Waals surface area contributed by atoms with Crippen molar-refractivity contribution in [2.75, 3.05) is 26.7 Å². The van der Waals surface area contributed by atoms with Crippen LogP contribution in [0.3, 0.4) is 0 Å². The Hall–Kier alpha value is -2.04. The van der Waals surface area contributed by atoms with Crippen LogP contribution < -0.4 is 10.1 Å². The summed E-state index contributed by atoms with van der Waals surface area (Å²) in [7, 11) is 2.14. The highest BCUT2D eigenvalue weighted by molar-refractivity contribution is 5.45. The van der Waals surface area contributed by atoms with Gasteiger partial charge in [0.05, 0.1) is 6.61 Å². The minimum Gasteiger partial charge on any atom is -0.504 e. The smallest absolute Gasteiger partial charge is 0.162 e. The van der Waals surface area contributed by atoms with E-state index in [9.17, 15) is 5.11 Å². The van der Waals surface area contributed by atoms with Gasteiger partial charge in [0.15, 0.2) is 11.5 Å². The van der Waals surface area contributed by atoms with E-state index >= 15 is 0 Å². The quantitative estimate of drug-likeness (QED) is 0.656. The lowest BCUT2D eigenvalue weighted by Crippen LogP contribution is -2.23. The molecule has 4 heteroatoms. The summed E-state index contributed by atoms with van der Waals surface area (Å²) >= 11 is 0. The summed E-state index contributed by atoms with van der Waals surface area (Å²) in [5, 5.41) is 13.5. The fourth-order valence-corrected chi connectivity index (χ4v) is 2.65. The van der Waals surface area contributed by atoms with Crippen LogP contribution in [0.5, 0.6) is 11.5 Å². The monoisotopic (exact) mass is 328 g/mol. The number of phenolic OH excluding ortho intramolecular Hbond substituents is 1. The highest BCUT2D eigenvalue weighted by Crippen LogP contribution is 2.29. The van der Waals surface area contributed by atoms with Gasteiger partial charge in [-0.2, -0.15) is 0 Å². The van der Waals surface area contributed by atoms with E-state index in [0.717, 1.165) is 31.6 Å². The van der Waals surface area contributed by atoms with E-state index in [1.165, 1.54) is 5.56 Å². The first-order chi connectivity index (χ1) is 11.7. The zero-order valence-electron chi connectivity index (χ0n) is 14.7. The SMILES string of the molecule is CCOc1cccc(CNCCCN(C)Cc2ccccc2)c1O. The van der Waals surface area contributed by atoms with Crippen LogP contribution >= 0.6 is 0 Å². The molecular formula is C20H28N2O2. The summed E-state index contributed by atoms with van der Waals surface area (Å²) < 4.78 is 5.41. The van der Waals surface area contributed by atoms with Gasteiger partial charge in [-0.15, -0.1) is 0 Å². The van der Waals surface area contributed by atoms with E-state index in [4.69, 9.17) is 4.74 Å². The molecule has 2 rings (SSSR count). The molecule has 0 heterocycles. The van der Waals surface area contributed by atoms with Crippen molar-refractivity contribution in [2.45, 2.75) is 26.4 Å². The average Bonchev–Trinajstić information content (AvgIpc) is 2.59. The third kappa shape index (κ3) is 5.87. The molecule has 0 aliphatic heterocycles. The summed E-state index contributed by atoms with van der Waals surface area (Å²) in [5.41, 5.74) is 2.21. The van der Waals surface area contributed by atoms with Gasteiger partial charge < -0.3 is 20.1 Å². The molecule has 0 saturated carbocycles. The Kier molecular flexibility index (Phi) is 7.59. The first-order valence-corrected chi connectivity index (χ1v) is 8.57.